The predicted octanol–water partition coefficient (Wildman–Crippen LogP) is 3.45. The first-order valence-corrected chi connectivity index (χ1v) is 9.12. The zero-order chi connectivity index (χ0) is 18.8. The minimum atomic E-state index is 0.105. The molecule has 0 saturated heterocycles. The lowest BCUT2D eigenvalue weighted by Gasteiger charge is -2.28. The minimum absolute atomic E-state index is 0.105. The van der Waals surface area contributed by atoms with Crippen LogP contribution in [0.1, 0.15) is 38.2 Å². The second-order valence-corrected chi connectivity index (χ2v) is 6.99. The molecular formula is C20H20N6O. The normalized spacial score (nSPS) is 19.6. The molecule has 2 atom stereocenters. The van der Waals surface area contributed by atoms with Crippen LogP contribution in [0.25, 0.3) is 22.3 Å². The molecular weight excluding hydrogens is 340 g/mol. The number of carbonyl (C=O) groups excluding carboxylic acids is 1. The van der Waals surface area contributed by atoms with Crippen LogP contribution in [0.15, 0.2) is 30.7 Å². The lowest BCUT2D eigenvalue weighted by Crippen LogP contribution is -2.30. The molecule has 0 amide bonds. The van der Waals surface area contributed by atoms with Gasteiger partial charge in [-0.25, -0.2) is 15.0 Å². The molecule has 3 aromatic heterocycles. The largest absolute Gasteiger partial charge is 0.351 e. The number of fused-ring (bicyclic) bond motifs is 1. The maximum Gasteiger partial charge on any atom is 0.223 e. The first kappa shape index (κ1) is 17.2. The molecule has 3 heterocycles. The lowest BCUT2D eigenvalue weighted by atomic mass is 9.83. The number of nitrogens with zero attached hydrogens (tertiary/aromatic N) is 4. The predicted molar refractivity (Wildman–Crippen MR) is 102 cm³/mol. The van der Waals surface area contributed by atoms with Gasteiger partial charge in [-0.2, -0.15) is 5.26 Å². The monoisotopic (exact) mass is 360 g/mol. The van der Waals surface area contributed by atoms with Gasteiger partial charge < -0.3 is 10.3 Å². The summed E-state index contributed by atoms with van der Waals surface area (Å²) in [7, 11) is 0. The van der Waals surface area contributed by atoms with Crippen molar-refractivity contribution in [3.8, 4) is 17.3 Å². The summed E-state index contributed by atoms with van der Waals surface area (Å²) in [5, 5.41) is 13.8. The van der Waals surface area contributed by atoms with E-state index in [4.69, 9.17) is 0 Å². The van der Waals surface area contributed by atoms with E-state index >= 15 is 0 Å². The number of nitrogens with one attached hydrogen (secondary N) is 2. The number of hydrogen-bond donors (Lipinski definition) is 2. The fourth-order valence-electron chi connectivity index (χ4n) is 3.76. The summed E-state index contributed by atoms with van der Waals surface area (Å²) in [6.45, 7) is 1.66. The Labute approximate surface area is 156 Å². The van der Waals surface area contributed by atoms with E-state index in [9.17, 15) is 10.1 Å². The molecule has 0 bridgehead atoms. The van der Waals surface area contributed by atoms with Crippen LogP contribution >= 0.6 is 0 Å². The van der Waals surface area contributed by atoms with E-state index in [0.29, 0.717) is 17.2 Å². The van der Waals surface area contributed by atoms with E-state index in [1.807, 2.05) is 18.3 Å². The van der Waals surface area contributed by atoms with Crippen molar-refractivity contribution in [1.82, 2.24) is 19.9 Å². The van der Waals surface area contributed by atoms with Crippen molar-refractivity contribution in [2.75, 3.05) is 5.32 Å². The standard InChI is InChI=1S/C20H20N6O/c1-12(27)13-4-2-5-15(8-13)25-20-24-10-14(9-21)18(26-20)17-11-23-19-16(17)6-3-7-22-19/h3,6-7,10-11,13,15H,2,4-5,8H2,1H3,(H,22,23)(H,24,25,26)/t13-,15+/m1/s1. The molecule has 1 aliphatic rings. The van der Waals surface area contributed by atoms with Crippen LogP contribution in [-0.4, -0.2) is 31.8 Å². The van der Waals surface area contributed by atoms with Crippen LogP contribution in [0.5, 0.6) is 0 Å². The third-order valence-corrected chi connectivity index (χ3v) is 5.20. The van der Waals surface area contributed by atoms with Gasteiger partial charge in [0.05, 0.1) is 17.5 Å². The Balaban J connectivity index is 1.66. The maximum absolute atomic E-state index is 11.7. The molecule has 7 heteroatoms. The molecule has 1 aliphatic carbocycles. The molecule has 0 unspecified atom stereocenters. The van der Waals surface area contributed by atoms with Gasteiger partial charge >= 0.3 is 0 Å². The zero-order valence-electron chi connectivity index (χ0n) is 15.1. The van der Waals surface area contributed by atoms with Gasteiger partial charge in [-0.05, 0) is 38.3 Å². The molecule has 4 rings (SSSR count). The van der Waals surface area contributed by atoms with Crippen molar-refractivity contribution >= 4 is 22.8 Å². The van der Waals surface area contributed by atoms with Crippen molar-refractivity contribution in [1.29, 1.82) is 5.26 Å². The summed E-state index contributed by atoms with van der Waals surface area (Å²) in [6.07, 6.45) is 8.83. The minimum Gasteiger partial charge on any atom is -0.351 e. The fraction of sp³-hybridized carbons (Fsp3) is 0.350. The van der Waals surface area contributed by atoms with Crippen LogP contribution in [-0.2, 0) is 4.79 Å². The van der Waals surface area contributed by atoms with Crippen LogP contribution in [0.2, 0.25) is 0 Å². The van der Waals surface area contributed by atoms with Gasteiger partial charge in [0.15, 0.2) is 0 Å². The number of Topliss-reactive ketones (excluding diaryl/α,β-unsaturated/α-hetero) is 1. The summed E-state index contributed by atoms with van der Waals surface area (Å²) in [5.41, 5.74) is 2.56. The highest BCUT2D eigenvalue weighted by atomic mass is 16.1. The van der Waals surface area contributed by atoms with Gasteiger partial charge in [0, 0.05) is 35.3 Å². The summed E-state index contributed by atoms with van der Waals surface area (Å²) in [6, 6.07) is 6.14. The summed E-state index contributed by atoms with van der Waals surface area (Å²) in [4.78, 5) is 28.1. The zero-order valence-corrected chi connectivity index (χ0v) is 15.1. The number of nitriles is 1. The van der Waals surface area contributed by atoms with Gasteiger partial charge in [0.1, 0.15) is 17.5 Å². The Kier molecular flexibility index (Phi) is 4.55. The molecule has 3 aromatic rings. The van der Waals surface area contributed by atoms with E-state index in [1.54, 1.807) is 19.3 Å². The summed E-state index contributed by atoms with van der Waals surface area (Å²) < 4.78 is 0. The van der Waals surface area contributed by atoms with Gasteiger partial charge in [0.2, 0.25) is 5.95 Å². The Bertz CT molecular complexity index is 1030. The number of H-pyrrole nitrogens is 1. The van der Waals surface area contributed by atoms with Crippen LogP contribution in [0.3, 0.4) is 0 Å². The molecule has 0 spiro atoms. The van der Waals surface area contributed by atoms with Crippen molar-refractivity contribution in [3.05, 3.63) is 36.3 Å². The van der Waals surface area contributed by atoms with E-state index in [-0.39, 0.29) is 17.7 Å². The molecule has 7 nitrogen and oxygen atoms in total. The molecule has 0 aromatic carbocycles. The second-order valence-electron chi connectivity index (χ2n) is 6.99. The summed E-state index contributed by atoms with van der Waals surface area (Å²) in [5.74, 6) is 0.833. The first-order chi connectivity index (χ1) is 13.2. The Hall–Kier alpha value is -3.27. The van der Waals surface area contributed by atoms with Crippen molar-refractivity contribution in [2.24, 2.45) is 5.92 Å². The van der Waals surface area contributed by atoms with Crippen molar-refractivity contribution in [3.63, 3.8) is 0 Å². The number of hydrogen-bond acceptors (Lipinski definition) is 6. The average Bonchev–Trinajstić information content (AvgIpc) is 3.12. The van der Waals surface area contributed by atoms with E-state index < -0.39 is 0 Å². The Morgan fingerprint density at radius 2 is 2.26 bits per heavy atom. The molecule has 27 heavy (non-hydrogen) atoms. The highest BCUT2D eigenvalue weighted by Gasteiger charge is 2.25. The van der Waals surface area contributed by atoms with Gasteiger partial charge in [0.25, 0.3) is 0 Å². The number of carbonyl (C=O) groups is 1. The quantitative estimate of drug-likeness (QED) is 0.738. The number of aromatic amines is 1. The second kappa shape index (κ2) is 7.16. The molecule has 0 aliphatic heterocycles. The smallest absolute Gasteiger partial charge is 0.223 e. The lowest BCUT2D eigenvalue weighted by molar-refractivity contribution is -0.121. The number of aromatic nitrogens is 4. The number of rotatable bonds is 4. The van der Waals surface area contributed by atoms with Gasteiger partial charge in [-0.1, -0.05) is 6.42 Å². The van der Waals surface area contributed by atoms with Gasteiger partial charge in [-0.3, -0.25) is 4.79 Å². The van der Waals surface area contributed by atoms with E-state index in [2.05, 4.69) is 31.3 Å². The molecule has 136 valence electrons. The van der Waals surface area contributed by atoms with Crippen LogP contribution in [0.4, 0.5) is 5.95 Å². The van der Waals surface area contributed by atoms with Crippen molar-refractivity contribution < 1.29 is 4.79 Å². The third kappa shape index (κ3) is 3.38. The average molecular weight is 360 g/mol. The van der Waals surface area contributed by atoms with Crippen LogP contribution < -0.4 is 5.32 Å². The Morgan fingerprint density at radius 1 is 1.37 bits per heavy atom. The molecule has 2 N–H and O–H groups in total. The summed E-state index contributed by atoms with van der Waals surface area (Å²) >= 11 is 0. The van der Waals surface area contributed by atoms with Gasteiger partial charge in [-0.15, -0.1) is 0 Å². The van der Waals surface area contributed by atoms with Crippen molar-refractivity contribution in [2.45, 2.75) is 38.6 Å². The number of pyridine rings is 1. The SMILES string of the molecule is CC(=O)[C@@H]1CCC[C@H](Nc2ncc(C#N)c(-c3c[nH]c4ncccc34)n2)C1. The highest BCUT2D eigenvalue weighted by Crippen LogP contribution is 2.30. The first-order valence-electron chi connectivity index (χ1n) is 9.12. The third-order valence-electron chi connectivity index (χ3n) is 5.20. The number of anilines is 1. The van der Waals surface area contributed by atoms with Crippen LogP contribution in [0, 0.1) is 17.2 Å². The maximum atomic E-state index is 11.7. The van der Waals surface area contributed by atoms with E-state index in [1.165, 1.54) is 0 Å². The Morgan fingerprint density at radius 3 is 3.07 bits per heavy atom. The fourth-order valence-corrected chi connectivity index (χ4v) is 3.76. The molecule has 1 saturated carbocycles. The molecule has 0 radical (unpaired) electrons. The number of ketones is 1. The van der Waals surface area contributed by atoms with E-state index in [0.717, 1.165) is 42.3 Å². The highest BCUT2D eigenvalue weighted by molar-refractivity contribution is 5.93. The molecule has 1 fully saturated rings. The topological polar surface area (TPSA) is 107 Å².